The lowest BCUT2D eigenvalue weighted by Crippen LogP contribution is -2.73. The summed E-state index contributed by atoms with van der Waals surface area (Å²) in [5.41, 5.74) is -0.259. The molecule has 3 aromatic rings. The molecule has 2 bridgehead atoms. The van der Waals surface area contributed by atoms with Crippen molar-refractivity contribution in [2.75, 3.05) is 61.1 Å². The SMILES string of the molecule is CC[C@]1(O)C[C@H]2CN(CCc3c([nH]c4ccc(-c5cccnc5)cc34)[C@@](C(=O)OC)(C3C=C4C(=CC3OC)N(C)[C@@]35O[C@]3(C(=O)OC)[C@H](OC(C)=O)[C@]3(CC)C=CCN6CC[C@]45[C@@H]63)C2)C1. The minimum absolute atomic E-state index is 0.0794. The summed E-state index contributed by atoms with van der Waals surface area (Å²) in [6.07, 6.45) is 14.1. The van der Waals surface area contributed by atoms with Crippen molar-refractivity contribution in [3.05, 3.63) is 89.6 Å². The van der Waals surface area contributed by atoms with Crippen LogP contribution < -0.4 is 0 Å². The number of pyridine rings is 1. The molecule has 3 unspecified atom stereocenters. The number of piperidine rings is 1. The quantitative estimate of drug-likeness (QED) is 0.134. The first-order valence-electron chi connectivity index (χ1n) is 23.4. The largest absolute Gasteiger partial charge is 0.468 e. The fourth-order valence-corrected chi connectivity index (χ4v) is 15.1. The summed E-state index contributed by atoms with van der Waals surface area (Å²) in [6.45, 7) is 8.90. The van der Waals surface area contributed by atoms with Gasteiger partial charge in [-0.25, -0.2) is 4.79 Å². The molecule has 2 aromatic heterocycles. The number of hydrogen-bond donors (Lipinski definition) is 2. The number of likely N-dealkylation sites (tertiary alicyclic amines) is 1. The Morgan fingerprint density at radius 1 is 1.02 bits per heavy atom. The Morgan fingerprint density at radius 3 is 2.54 bits per heavy atom. The second kappa shape index (κ2) is 14.6. The first kappa shape index (κ1) is 42.8. The Labute approximate surface area is 379 Å². The van der Waals surface area contributed by atoms with Crippen LogP contribution in [0.25, 0.3) is 22.0 Å². The monoisotopic (exact) mass is 887 g/mol. The molecule has 65 heavy (non-hydrogen) atoms. The van der Waals surface area contributed by atoms with E-state index in [9.17, 15) is 14.7 Å². The number of epoxide rings is 1. The average Bonchev–Trinajstić information content (AvgIpc) is 3.56. The van der Waals surface area contributed by atoms with Crippen LogP contribution in [0.1, 0.15) is 64.1 Å². The van der Waals surface area contributed by atoms with Gasteiger partial charge in [-0.05, 0) is 92.0 Å². The highest BCUT2D eigenvalue weighted by Crippen LogP contribution is 2.82. The number of allylic oxidation sites excluding steroid dienone is 1. The van der Waals surface area contributed by atoms with Crippen LogP contribution in [-0.4, -0.2) is 144 Å². The van der Waals surface area contributed by atoms with Crippen molar-refractivity contribution in [1.82, 2.24) is 24.7 Å². The van der Waals surface area contributed by atoms with Crippen LogP contribution in [0.2, 0.25) is 0 Å². The third kappa shape index (κ3) is 5.29. The van der Waals surface area contributed by atoms with Crippen molar-refractivity contribution in [2.45, 2.75) is 99.9 Å². The molecular weight excluding hydrogens is 827 g/mol. The van der Waals surface area contributed by atoms with Crippen LogP contribution in [0.4, 0.5) is 0 Å². The number of methoxy groups -OCH3 is 3. The third-order valence-corrected chi connectivity index (χ3v) is 17.5. The van der Waals surface area contributed by atoms with Gasteiger partial charge in [-0.2, -0.15) is 0 Å². The topological polar surface area (TPSA) is 159 Å². The molecule has 8 aliphatic rings. The van der Waals surface area contributed by atoms with Crippen LogP contribution in [0.15, 0.2) is 78.3 Å². The fraction of sp³-hybridized carbons (Fsp3) is 0.569. The van der Waals surface area contributed by atoms with Crippen LogP contribution in [0.3, 0.4) is 0 Å². The van der Waals surface area contributed by atoms with Crippen LogP contribution in [0, 0.1) is 22.7 Å². The smallest absolute Gasteiger partial charge is 0.347 e. The van der Waals surface area contributed by atoms with E-state index in [1.807, 2.05) is 26.2 Å². The zero-order valence-corrected chi connectivity index (χ0v) is 38.5. The van der Waals surface area contributed by atoms with Gasteiger partial charge in [-0.1, -0.05) is 44.2 Å². The molecular formula is C51H61N5O9. The van der Waals surface area contributed by atoms with E-state index < -0.39 is 63.2 Å². The number of nitrogens with zero attached hydrogens (tertiary/aromatic N) is 4. The molecule has 1 saturated carbocycles. The van der Waals surface area contributed by atoms with E-state index in [4.69, 9.17) is 23.7 Å². The molecule has 0 radical (unpaired) electrons. The number of benzene rings is 1. The summed E-state index contributed by atoms with van der Waals surface area (Å²) >= 11 is 0. The van der Waals surface area contributed by atoms with Gasteiger partial charge in [0.05, 0.1) is 31.3 Å². The van der Waals surface area contributed by atoms with Gasteiger partial charge < -0.3 is 38.7 Å². The average molecular weight is 888 g/mol. The van der Waals surface area contributed by atoms with Crippen LogP contribution >= 0.6 is 0 Å². The van der Waals surface area contributed by atoms with Gasteiger partial charge in [0.15, 0.2) is 11.8 Å². The van der Waals surface area contributed by atoms with E-state index in [1.165, 1.54) is 21.1 Å². The predicted molar refractivity (Wildman–Crippen MR) is 240 cm³/mol. The normalized spacial score (nSPS) is 39.8. The van der Waals surface area contributed by atoms with Gasteiger partial charge in [0, 0.05) is 105 Å². The molecule has 11 rings (SSSR count). The highest BCUT2D eigenvalue weighted by Gasteiger charge is 2.99. The van der Waals surface area contributed by atoms with Crippen molar-refractivity contribution < 1.29 is 43.2 Å². The van der Waals surface area contributed by atoms with Gasteiger partial charge in [-0.15, -0.1) is 0 Å². The molecule has 1 aromatic carbocycles. The second-order valence-electron chi connectivity index (χ2n) is 20.1. The maximum atomic E-state index is 15.7. The molecule has 14 nitrogen and oxygen atoms in total. The number of H-pyrrole nitrogens is 1. The standard InChI is InChI=1S/C51H61N5O9/c1-8-46(60)25-31-26-48(44(58)62-6,41-34(15-20-55(28-31)29-46)35-22-32(13-14-38(35)53-41)33-12-10-18-52-27-33)37-23-36-39(24-40(37)61-5)54(4)51-49(36)17-21-56-19-11-16-47(9-2,42(49)56)43(64-30(3)57)50(51,65-51)45(59)63-7/h10-14,16,18,22-24,27,31,37,40,42-43,53,60H,8-9,15,17,19-21,25-26,28-29H2,1-7H3/t31-,37?,40?,42+,43-,46+,47-,48+,49-,50+,51+/m1/s1. The number of aromatic amines is 1. The molecule has 0 amide bonds. The van der Waals surface area contributed by atoms with Gasteiger partial charge >= 0.3 is 17.9 Å². The summed E-state index contributed by atoms with van der Waals surface area (Å²) < 4.78 is 31.9. The Morgan fingerprint density at radius 2 is 1.83 bits per heavy atom. The van der Waals surface area contributed by atoms with Gasteiger partial charge in [0.25, 0.3) is 5.60 Å². The maximum absolute atomic E-state index is 15.7. The summed E-state index contributed by atoms with van der Waals surface area (Å²) in [5.74, 6) is -2.16. The summed E-state index contributed by atoms with van der Waals surface area (Å²) in [4.78, 5) is 58.7. The van der Waals surface area contributed by atoms with Crippen LogP contribution in [-0.2, 0) is 49.9 Å². The summed E-state index contributed by atoms with van der Waals surface area (Å²) in [6, 6.07) is 10.1. The number of likely N-dealkylation sites (N-methyl/N-ethyl adjacent to an activating group) is 1. The van der Waals surface area contributed by atoms with E-state index >= 15 is 4.79 Å². The number of hydrogen-bond acceptors (Lipinski definition) is 13. The highest BCUT2D eigenvalue weighted by atomic mass is 16.7. The molecule has 2 N–H and O–H groups in total. The minimum Gasteiger partial charge on any atom is -0.468 e. The van der Waals surface area contributed by atoms with Crippen LogP contribution in [0.5, 0.6) is 0 Å². The highest BCUT2D eigenvalue weighted by molar-refractivity contribution is 5.94. The number of carbonyl (C=O) groups is 3. The number of nitrogens with one attached hydrogen (secondary N) is 1. The molecule has 6 aliphatic heterocycles. The number of ether oxygens (including phenoxy) is 5. The van der Waals surface area contributed by atoms with E-state index in [0.29, 0.717) is 64.7 Å². The molecule has 2 aliphatic carbocycles. The van der Waals surface area contributed by atoms with Crippen molar-refractivity contribution >= 4 is 28.8 Å². The minimum atomic E-state index is -1.66. The number of rotatable bonds is 8. The Hall–Kier alpha value is -4.86. The van der Waals surface area contributed by atoms with Crippen molar-refractivity contribution in [3.63, 3.8) is 0 Å². The number of esters is 3. The lowest BCUT2D eigenvalue weighted by Gasteiger charge is -2.58. The number of carbonyl (C=O) groups excluding carboxylic acids is 3. The molecule has 5 fully saturated rings. The second-order valence-corrected chi connectivity index (χ2v) is 20.1. The maximum Gasteiger partial charge on any atom is 0.347 e. The van der Waals surface area contributed by atoms with E-state index in [1.54, 1.807) is 13.3 Å². The van der Waals surface area contributed by atoms with Gasteiger partial charge in [0.2, 0.25) is 0 Å². The third-order valence-electron chi connectivity index (χ3n) is 17.5. The molecule has 4 saturated heterocycles. The molecule has 12 atom stereocenters. The van der Waals surface area contributed by atoms with E-state index in [-0.39, 0.29) is 17.9 Å². The van der Waals surface area contributed by atoms with Gasteiger partial charge in [-0.3, -0.25) is 24.4 Å². The molecule has 8 heterocycles. The molecule has 344 valence electrons. The van der Waals surface area contributed by atoms with E-state index in [0.717, 1.165) is 51.1 Å². The lowest BCUT2D eigenvalue weighted by molar-refractivity contribution is -0.182. The zero-order chi connectivity index (χ0) is 45.5. The summed E-state index contributed by atoms with van der Waals surface area (Å²) in [5, 5.41) is 13.2. The number of aromatic nitrogens is 2. The van der Waals surface area contributed by atoms with Crippen molar-refractivity contribution in [3.8, 4) is 11.1 Å². The molecule has 14 heteroatoms. The molecule has 2 spiro atoms. The first-order valence-corrected chi connectivity index (χ1v) is 23.4. The number of fused-ring (bicyclic) bond motifs is 6. The van der Waals surface area contributed by atoms with E-state index in [2.05, 4.69) is 80.2 Å². The zero-order valence-electron chi connectivity index (χ0n) is 38.5. The fourth-order valence-electron chi connectivity index (χ4n) is 15.1. The van der Waals surface area contributed by atoms with Gasteiger partial charge in [0.1, 0.15) is 5.41 Å². The number of aliphatic hydroxyl groups is 1. The predicted octanol–water partition coefficient (Wildman–Crippen LogP) is 5.06. The Balaban J connectivity index is 1.18. The van der Waals surface area contributed by atoms with Crippen molar-refractivity contribution in [1.29, 1.82) is 0 Å². The lowest BCUT2D eigenvalue weighted by atomic mass is 9.48. The van der Waals surface area contributed by atoms with Crippen molar-refractivity contribution in [2.24, 2.45) is 22.7 Å². The first-order chi connectivity index (χ1) is 31.3. The Bertz CT molecular complexity index is 2590. The Kier molecular flexibility index (Phi) is 9.58. The summed E-state index contributed by atoms with van der Waals surface area (Å²) in [7, 11) is 6.49.